The molecule has 134 valence electrons. The Morgan fingerprint density at radius 3 is 2.52 bits per heavy atom. The summed E-state index contributed by atoms with van der Waals surface area (Å²) in [5.74, 6) is 0.332. The minimum Gasteiger partial charge on any atom is -0.366 e. The summed E-state index contributed by atoms with van der Waals surface area (Å²) in [5.41, 5.74) is 0.456. The molecule has 0 spiro atoms. The van der Waals surface area contributed by atoms with Crippen LogP contribution in [0.15, 0.2) is 11.0 Å². The Morgan fingerprint density at radius 1 is 1.12 bits per heavy atom. The molecule has 0 N–H and O–H groups in total. The average molecular weight is 364 g/mol. The van der Waals surface area contributed by atoms with E-state index in [1.165, 1.54) is 17.5 Å². The third-order valence-electron chi connectivity index (χ3n) is 6.21. The summed E-state index contributed by atoms with van der Waals surface area (Å²) in [5, 5.41) is 4.34. The second kappa shape index (κ2) is 5.45. The van der Waals surface area contributed by atoms with Gasteiger partial charge in [0.1, 0.15) is 5.02 Å². The lowest BCUT2D eigenvalue weighted by molar-refractivity contribution is -0.139. The van der Waals surface area contributed by atoms with E-state index in [-0.39, 0.29) is 16.6 Å². The fraction of sp³-hybridized carbons (Fsp3) is 0.706. The molecule has 4 aliphatic heterocycles. The van der Waals surface area contributed by atoms with Gasteiger partial charge < -0.3 is 9.80 Å². The standard InChI is InChI=1S/C17H22ClN5O2/c1-20-17(25)15(18)14(7-19-20)21-8-11-6-12(9-21)23(11)13-4-5-22(16(13)24)10-2-3-10/h7,10-13H,2-6,8-9H2,1H3. The van der Waals surface area contributed by atoms with E-state index in [9.17, 15) is 9.59 Å². The average Bonchev–Trinajstić information content (AvgIpc) is 3.38. The molecule has 6 rings (SSSR count). The van der Waals surface area contributed by atoms with Gasteiger partial charge in [-0.2, -0.15) is 5.10 Å². The molecular formula is C17H22ClN5O2. The number of carbonyl (C=O) groups excluding carboxylic acids is 1. The topological polar surface area (TPSA) is 61.7 Å². The fourth-order valence-corrected chi connectivity index (χ4v) is 5.07. The van der Waals surface area contributed by atoms with Crippen molar-refractivity contribution < 1.29 is 4.79 Å². The molecule has 1 saturated carbocycles. The number of piperidine rings is 1. The second-order valence-corrected chi connectivity index (χ2v) is 8.11. The van der Waals surface area contributed by atoms with Crippen molar-refractivity contribution >= 4 is 23.2 Å². The van der Waals surface area contributed by atoms with Gasteiger partial charge in [-0.1, -0.05) is 11.6 Å². The van der Waals surface area contributed by atoms with Crippen molar-refractivity contribution in [1.82, 2.24) is 19.6 Å². The molecule has 1 aromatic rings. The molecule has 25 heavy (non-hydrogen) atoms. The van der Waals surface area contributed by atoms with Gasteiger partial charge in [-0.3, -0.25) is 14.5 Å². The molecule has 7 nitrogen and oxygen atoms in total. The molecule has 5 heterocycles. The van der Waals surface area contributed by atoms with E-state index < -0.39 is 0 Å². The van der Waals surface area contributed by atoms with Gasteiger partial charge in [-0.15, -0.1) is 0 Å². The summed E-state index contributed by atoms with van der Waals surface area (Å²) in [6.07, 6.45) is 6.10. The van der Waals surface area contributed by atoms with Crippen LogP contribution >= 0.6 is 11.6 Å². The van der Waals surface area contributed by atoms with Crippen LogP contribution in [-0.2, 0) is 11.8 Å². The molecular weight excluding hydrogens is 342 g/mol. The van der Waals surface area contributed by atoms with Crippen LogP contribution in [0.4, 0.5) is 5.69 Å². The minimum atomic E-state index is -0.263. The highest BCUT2D eigenvalue weighted by Gasteiger charge is 2.53. The molecule has 4 saturated heterocycles. The van der Waals surface area contributed by atoms with Crippen molar-refractivity contribution in [2.24, 2.45) is 7.05 Å². The lowest BCUT2D eigenvalue weighted by Gasteiger charge is -2.58. The molecule has 3 atom stereocenters. The molecule has 2 bridgehead atoms. The van der Waals surface area contributed by atoms with Gasteiger partial charge in [0.05, 0.1) is 17.9 Å². The third-order valence-corrected chi connectivity index (χ3v) is 6.56. The van der Waals surface area contributed by atoms with Crippen LogP contribution in [0.25, 0.3) is 0 Å². The smallest absolute Gasteiger partial charge is 0.287 e. The molecule has 5 aliphatic rings. The number of anilines is 1. The van der Waals surface area contributed by atoms with E-state index in [0.29, 0.717) is 24.0 Å². The number of halogens is 1. The van der Waals surface area contributed by atoms with E-state index in [1.54, 1.807) is 13.2 Å². The van der Waals surface area contributed by atoms with Crippen LogP contribution in [0.5, 0.6) is 0 Å². The lowest BCUT2D eigenvalue weighted by Crippen LogP contribution is -2.72. The van der Waals surface area contributed by atoms with E-state index in [0.717, 1.165) is 38.2 Å². The summed E-state index contributed by atoms with van der Waals surface area (Å²) in [6, 6.07) is 1.31. The highest BCUT2D eigenvalue weighted by molar-refractivity contribution is 6.33. The number of amides is 1. The summed E-state index contributed by atoms with van der Waals surface area (Å²) < 4.78 is 1.26. The number of hydrogen-bond donors (Lipinski definition) is 0. The number of fused-ring (bicyclic) bond motifs is 2. The Morgan fingerprint density at radius 2 is 1.84 bits per heavy atom. The third kappa shape index (κ3) is 2.32. The highest BCUT2D eigenvalue weighted by atomic mass is 35.5. The van der Waals surface area contributed by atoms with Gasteiger partial charge >= 0.3 is 0 Å². The quantitative estimate of drug-likeness (QED) is 0.780. The fourth-order valence-electron chi connectivity index (χ4n) is 4.78. The first-order valence-corrected chi connectivity index (χ1v) is 9.47. The minimum absolute atomic E-state index is 0.0590. The predicted octanol–water partition coefficient (Wildman–Crippen LogP) is 0.460. The van der Waals surface area contributed by atoms with Gasteiger partial charge in [0.15, 0.2) is 0 Å². The van der Waals surface area contributed by atoms with E-state index >= 15 is 0 Å². The normalized spacial score (nSPS) is 32.2. The predicted molar refractivity (Wildman–Crippen MR) is 93.9 cm³/mol. The number of carbonyl (C=O) groups is 1. The van der Waals surface area contributed by atoms with Crippen molar-refractivity contribution in [2.75, 3.05) is 24.5 Å². The zero-order valence-electron chi connectivity index (χ0n) is 14.3. The second-order valence-electron chi connectivity index (χ2n) is 7.74. The van der Waals surface area contributed by atoms with Crippen LogP contribution in [0.3, 0.4) is 0 Å². The van der Waals surface area contributed by atoms with Crippen molar-refractivity contribution in [3.8, 4) is 0 Å². The van der Waals surface area contributed by atoms with Crippen LogP contribution in [0, 0.1) is 0 Å². The number of nitrogens with zero attached hydrogens (tertiary/aromatic N) is 5. The molecule has 1 amide bonds. The largest absolute Gasteiger partial charge is 0.366 e. The maximum absolute atomic E-state index is 12.7. The Balaban J connectivity index is 1.32. The molecule has 5 fully saturated rings. The molecule has 3 unspecified atom stereocenters. The van der Waals surface area contributed by atoms with Gasteiger partial charge in [-0.05, 0) is 25.7 Å². The van der Waals surface area contributed by atoms with E-state index in [4.69, 9.17) is 11.6 Å². The number of aromatic nitrogens is 2. The number of likely N-dealkylation sites (tertiary alicyclic amines) is 1. The lowest BCUT2D eigenvalue weighted by atomic mass is 9.84. The first-order chi connectivity index (χ1) is 12.0. The molecule has 8 heteroatoms. The van der Waals surface area contributed by atoms with Crippen molar-refractivity contribution in [2.45, 2.75) is 49.9 Å². The Bertz CT molecular complexity index is 780. The molecule has 0 radical (unpaired) electrons. The molecule has 1 aliphatic carbocycles. The number of hydrogen-bond acceptors (Lipinski definition) is 5. The van der Waals surface area contributed by atoms with Crippen molar-refractivity contribution in [3.63, 3.8) is 0 Å². The summed E-state index contributed by atoms with van der Waals surface area (Å²) >= 11 is 6.25. The number of aryl methyl sites for hydroxylation is 1. The number of rotatable bonds is 3. The Kier molecular flexibility index (Phi) is 3.41. The first kappa shape index (κ1) is 15.6. The Hall–Kier alpha value is -1.60. The summed E-state index contributed by atoms with van der Waals surface area (Å²) in [6.45, 7) is 2.52. The van der Waals surface area contributed by atoms with Crippen LogP contribution in [-0.4, -0.2) is 69.3 Å². The van der Waals surface area contributed by atoms with Crippen LogP contribution in [0.1, 0.15) is 25.7 Å². The summed E-state index contributed by atoms with van der Waals surface area (Å²) in [4.78, 5) is 31.4. The van der Waals surface area contributed by atoms with Gasteiger partial charge in [0.2, 0.25) is 5.91 Å². The van der Waals surface area contributed by atoms with Crippen molar-refractivity contribution in [1.29, 1.82) is 0 Å². The maximum Gasteiger partial charge on any atom is 0.287 e. The first-order valence-electron chi connectivity index (χ1n) is 9.09. The van der Waals surface area contributed by atoms with Crippen LogP contribution in [0.2, 0.25) is 5.02 Å². The van der Waals surface area contributed by atoms with Gasteiger partial charge in [0.25, 0.3) is 5.56 Å². The summed E-state index contributed by atoms with van der Waals surface area (Å²) in [7, 11) is 1.60. The van der Waals surface area contributed by atoms with E-state index in [1.807, 2.05) is 0 Å². The van der Waals surface area contributed by atoms with E-state index in [2.05, 4.69) is 19.8 Å². The number of piperazine rings is 1. The zero-order valence-corrected chi connectivity index (χ0v) is 15.0. The van der Waals surface area contributed by atoms with Crippen molar-refractivity contribution in [3.05, 3.63) is 21.6 Å². The van der Waals surface area contributed by atoms with Gasteiger partial charge in [-0.25, -0.2) is 4.68 Å². The Labute approximate surface area is 151 Å². The molecule has 1 aromatic heterocycles. The van der Waals surface area contributed by atoms with Crippen LogP contribution < -0.4 is 10.5 Å². The highest BCUT2D eigenvalue weighted by Crippen LogP contribution is 2.41. The monoisotopic (exact) mass is 363 g/mol. The zero-order chi connectivity index (χ0) is 17.3. The SMILES string of the molecule is Cn1ncc(N2CC3CC(C2)N3C2CCN(C3CC3)C2=O)c(Cl)c1=O. The maximum atomic E-state index is 12.7. The van der Waals surface area contributed by atoms with Gasteiger partial charge in [0, 0.05) is 44.8 Å². The molecule has 0 aromatic carbocycles.